The van der Waals surface area contributed by atoms with Crippen LogP contribution in [0.15, 0.2) is 59.5 Å². The number of esters is 1. The number of alkyl halides is 3. The van der Waals surface area contributed by atoms with Gasteiger partial charge in [-0.05, 0) is 24.6 Å². The van der Waals surface area contributed by atoms with Crippen molar-refractivity contribution in [2.75, 3.05) is 5.88 Å². The van der Waals surface area contributed by atoms with Crippen LogP contribution in [-0.4, -0.2) is 71.4 Å². The van der Waals surface area contributed by atoms with E-state index in [2.05, 4.69) is 0 Å². The third-order valence-electron chi connectivity index (χ3n) is 5.38. The second-order valence-corrected chi connectivity index (χ2v) is 12.4. The molecule has 2 aromatic carbocycles. The van der Waals surface area contributed by atoms with E-state index in [1.165, 1.54) is 12.1 Å². The number of amides is 1. The molecule has 1 amide bonds. The summed E-state index contributed by atoms with van der Waals surface area (Å²) in [5.41, 5.74) is 1.46. The van der Waals surface area contributed by atoms with Gasteiger partial charge in [-0.3, -0.25) is 9.35 Å². The maximum Gasteiger partial charge on any atom is 0.511 e. The first-order chi connectivity index (χ1) is 17.6. The molecule has 0 aliphatic carbocycles. The lowest BCUT2D eigenvalue weighted by molar-refractivity contribution is -0.171. The zero-order valence-electron chi connectivity index (χ0n) is 19.5. The Labute approximate surface area is 220 Å². The van der Waals surface area contributed by atoms with Crippen LogP contribution >= 0.6 is 11.8 Å². The van der Waals surface area contributed by atoms with Gasteiger partial charge in [0.25, 0.3) is 10.1 Å². The molecule has 0 aromatic heterocycles. The van der Waals surface area contributed by atoms with Crippen molar-refractivity contribution in [2.24, 2.45) is 5.73 Å². The third kappa shape index (κ3) is 6.29. The topological polar surface area (TPSA) is 164 Å². The van der Waals surface area contributed by atoms with Gasteiger partial charge in [-0.15, -0.1) is 11.8 Å². The number of ether oxygens (including phenoxy) is 1. The largest absolute Gasteiger partial charge is 0.511 e. The normalized spacial score (nSPS) is 22.0. The molecule has 4 rings (SSSR count). The summed E-state index contributed by atoms with van der Waals surface area (Å²) in [6, 6.07) is 13.2. The quantitative estimate of drug-likeness (QED) is 0.294. The highest BCUT2D eigenvalue weighted by atomic mass is 32.2. The minimum atomic E-state index is -5.86. The molecule has 208 valence electrons. The van der Waals surface area contributed by atoms with Crippen LogP contribution in [0.2, 0.25) is 0 Å². The summed E-state index contributed by atoms with van der Waals surface area (Å²) >= 11 is 0.731. The molecule has 2 saturated heterocycles. The Morgan fingerprint density at radius 1 is 1.11 bits per heavy atom. The van der Waals surface area contributed by atoms with Crippen molar-refractivity contribution >= 4 is 43.8 Å². The van der Waals surface area contributed by atoms with E-state index in [-0.39, 0.29) is 15.8 Å². The Bertz CT molecular complexity index is 1390. The molecular formula is C21H22F3N3O8S3. The molecule has 3 atom stereocenters. The zero-order valence-corrected chi connectivity index (χ0v) is 21.9. The molecule has 3 N–H and O–H groups in total. The Morgan fingerprint density at radius 2 is 1.68 bits per heavy atom. The molecule has 38 heavy (non-hydrogen) atoms. The van der Waals surface area contributed by atoms with E-state index in [0.717, 1.165) is 22.2 Å². The van der Waals surface area contributed by atoms with Gasteiger partial charge in [0.1, 0.15) is 18.0 Å². The fourth-order valence-electron chi connectivity index (χ4n) is 3.39. The van der Waals surface area contributed by atoms with Crippen LogP contribution < -0.4 is 5.73 Å². The summed E-state index contributed by atoms with van der Waals surface area (Å²) in [6.07, 6.45) is -2.06. The Balaban J connectivity index is 0.000000304. The monoisotopic (exact) mass is 597 g/mol. The van der Waals surface area contributed by atoms with Gasteiger partial charge in [-0.25, -0.2) is 13.2 Å². The lowest BCUT2D eigenvalue weighted by Gasteiger charge is -2.53. The van der Waals surface area contributed by atoms with Crippen LogP contribution in [0.5, 0.6) is 0 Å². The minimum absolute atomic E-state index is 0.0666. The first kappa shape index (κ1) is 29.9. The maximum absolute atomic E-state index is 13.0. The number of hydrogen-bond donors (Lipinski definition) is 2. The first-order valence-corrected chi connectivity index (χ1v) is 14.5. The summed E-state index contributed by atoms with van der Waals surface area (Å²) in [7, 11) is -9.88. The van der Waals surface area contributed by atoms with Gasteiger partial charge in [0.05, 0.1) is 10.8 Å². The number of thioether (sulfide) groups is 1. The van der Waals surface area contributed by atoms with Gasteiger partial charge < -0.3 is 15.4 Å². The fourth-order valence-corrected chi connectivity index (χ4v) is 6.47. The minimum Gasteiger partial charge on any atom is -0.458 e. The van der Waals surface area contributed by atoms with Crippen LogP contribution in [0.3, 0.4) is 0 Å². The van der Waals surface area contributed by atoms with Crippen LogP contribution in [0.25, 0.3) is 0 Å². The SMILES string of the molecule is Cc1ccc(S(=O)(=O)O)cc1.NC1C(=O)N2C1SCN(S(=O)(=O)C(F)(F)F)C2C(=O)OCc1ccccc1. The van der Waals surface area contributed by atoms with Crippen molar-refractivity contribution in [3.8, 4) is 0 Å². The highest BCUT2D eigenvalue weighted by Gasteiger charge is 2.62. The van der Waals surface area contributed by atoms with E-state index in [1.54, 1.807) is 42.5 Å². The molecular weight excluding hydrogens is 575 g/mol. The number of benzene rings is 2. The number of β-lactam (4-membered cyclic amide) rings is 1. The average Bonchev–Trinajstić information content (AvgIpc) is 2.86. The summed E-state index contributed by atoms with van der Waals surface area (Å²) in [6.45, 7) is 1.55. The van der Waals surface area contributed by atoms with Gasteiger partial charge in [-0.1, -0.05) is 48.0 Å². The molecule has 2 heterocycles. The number of rotatable bonds is 5. The Kier molecular flexibility index (Phi) is 8.79. The molecule has 0 saturated carbocycles. The number of nitrogens with two attached hydrogens (primary N) is 1. The molecule has 0 spiro atoms. The van der Waals surface area contributed by atoms with E-state index in [1.807, 2.05) is 6.92 Å². The predicted octanol–water partition coefficient (Wildman–Crippen LogP) is 1.65. The van der Waals surface area contributed by atoms with E-state index >= 15 is 0 Å². The molecule has 0 radical (unpaired) electrons. The smallest absolute Gasteiger partial charge is 0.458 e. The Hall–Kier alpha value is -2.70. The highest BCUT2D eigenvalue weighted by Crippen LogP contribution is 2.41. The summed E-state index contributed by atoms with van der Waals surface area (Å²) < 4.78 is 97.2. The van der Waals surface area contributed by atoms with Crippen LogP contribution in [0, 0.1) is 6.92 Å². The molecule has 2 aromatic rings. The molecule has 17 heteroatoms. The number of carbonyl (C=O) groups excluding carboxylic acids is 2. The van der Waals surface area contributed by atoms with Gasteiger partial charge in [0.2, 0.25) is 5.91 Å². The zero-order chi connectivity index (χ0) is 28.5. The van der Waals surface area contributed by atoms with E-state index in [0.29, 0.717) is 5.56 Å². The second-order valence-electron chi connectivity index (χ2n) is 8.05. The van der Waals surface area contributed by atoms with Gasteiger partial charge in [-0.2, -0.15) is 25.9 Å². The number of nitrogens with zero attached hydrogens (tertiary/aromatic N) is 2. The molecule has 11 nitrogen and oxygen atoms in total. The molecule has 2 fully saturated rings. The van der Waals surface area contributed by atoms with Crippen molar-refractivity contribution in [1.29, 1.82) is 0 Å². The lowest BCUT2D eigenvalue weighted by Crippen LogP contribution is -2.77. The van der Waals surface area contributed by atoms with Crippen molar-refractivity contribution in [2.45, 2.75) is 41.5 Å². The predicted molar refractivity (Wildman–Crippen MR) is 129 cm³/mol. The summed E-state index contributed by atoms with van der Waals surface area (Å²) in [5, 5.41) is -0.800. The van der Waals surface area contributed by atoms with Crippen molar-refractivity contribution in [3.05, 3.63) is 65.7 Å². The maximum atomic E-state index is 13.0. The number of carbonyl (C=O) groups is 2. The van der Waals surface area contributed by atoms with Gasteiger partial charge in [0, 0.05) is 0 Å². The summed E-state index contributed by atoms with van der Waals surface area (Å²) in [4.78, 5) is 25.1. The van der Waals surface area contributed by atoms with E-state index < -0.39 is 61.0 Å². The number of fused-ring (bicyclic) bond motifs is 1. The van der Waals surface area contributed by atoms with Crippen LogP contribution in [-0.2, 0) is 41.1 Å². The molecule has 0 bridgehead atoms. The summed E-state index contributed by atoms with van der Waals surface area (Å²) in [5.74, 6) is -2.79. The number of aryl methyl sites for hydroxylation is 1. The molecule has 2 aliphatic rings. The second kappa shape index (κ2) is 11.2. The number of halogens is 3. The lowest BCUT2D eigenvalue weighted by atomic mass is 10.1. The number of hydrogen-bond acceptors (Lipinski definition) is 9. The van der Waals surface area contributed by atoms with Gasteiger partial charge in [0.15, 0.2) is 6.17 Å². The molecule has 2 aliphatic heterocycles. The van der Waals surface area contributed by atoms with Crippen molar-refractivity contribution < 1.29 is 48.9 Å². The van der Waals surface area contributed by atoms with Crippen molar-refractivity contribution in [3.63, 3.8) is 0 Å². The van der Waals surface area contributed by atoms with E-state index in [4.69, 9.17) is 15.0 Å². The van der Waals surface area contributed by atoms with Crippen molar-refractivity contribution in [1.82, 2.24) is 9.21 Å². The first-order valence-electron chi connectivity index (χ1n) is 10.6. The Morgan fingerprint density at radius 3 is 2.21 bits per heavy atom. The average molecular weight is 598 g/mol. The number of sulfonamides is 1. The van der Waals surface area contributed by atoms with Gasteiger partial charge >= 0.3 is 21.5 Å². The van der Waals surface area contributed by atoms with E-state index in [9.17, 15) is 39.6 Å². The third-order valence-corrected chi connectivity index (χ3v) is 9.24. The van der Waals surface area contributed by atoms with Crippen LogP contribution in [0.1, 0.15) is 11.1 Å². The standard InChI is InChI=1S/C14H14F3N3O5S2.C7H8O3S/c15-14(16,17)27(23,24)19-7-26-12-9(18)11(21)20(12)10(19)13(22)25-6-8-4-2-1-3-5-8;1-6-2-4-7(5-3-6)11(8,9)10/h1-5,9-10,12H,6-7,18H2;2-5H,1H3,(H,8,9,10). The van der Waals surface area contributed by atoms with Crippen LogP contribution in [0.4, 0.5) is 13.2 Å². The highest BCUT2D eigenvalue weighted by molar-refractivity contribution is 8.01. The fraction of sp³-hybridized carbons (Fsp3) is 0.333. The molecule has 3 unspecified atom stereocenters.